The molecular weight excluding hydrogens is 94.0 g/mol. The second kappa shape index (κ2) is 39.6. The van der Waals surface area contributed by atoms with Gasteiger partial charge >= 0.3 is 0 Å². The molecule has 0 aromatic rings. The summed E-state index contributed by atoms with van der Waals surface area (Å²) < 4.78 is 0. The van der Waals surface area contributed by atoms with Gasteiger partial charge in [-0.1, -0.05) is 6.92 Å². The highest BCUT2D eigenvalue weighted by atomic mass is 16.3. The number of hydrogen-bond donors (Lipinski definition) is 3. The Balaban J connectivity index is -0.0000000480. The van der Waals surface area contributed by atoms with Gasteiger partial charge in [0.2, 0.25) is 0 Å². The van der Waals surface area contributed by atoms with Crippen LogP contribution in [0, 0.1) is 0 Å². The van der Waals surface area contributed by atoms with Crippen molar-refractivity contribution in [2.24, 2.45) is 0 Å². The topological polar surface area (TPSA) is 75.5 Å². The number of aliphatic hydroxyl groups excluding tert-OH is 2. The molecular formula is C4H15NO2. The van der Waals surface area contributed by atoms with Crippen molar-refractivity contribution in [3.8, 4) is 0 Å². The molecule has 0 unspecified atom stereocenters. The molecule has 0 spiro atoms. The van der Waals surface area contributed by atoms with Gasteiger partial charge < -0.3 is 16.4 Å². The van der Waals surface area contributed by atoms with E-state index in [-0.39, 0.29) is 6.15 Å². The van der Waals surface area contributed by atoms with E-state index in [4.69, 9.17) is 10.2 Å². The lowest BCUT2D eigenvalue weighted by Crippen LogP contribution is -1.69. The van der Waals surface area contributed by atoms with Gasteiger partial charge in [0.1, 0.15) is 0 Å². The van der Waals surface area contributed by atoms with E-state index >= 15 is 0 Å². The Morgan fingerprint density at radius 1 is 1.29 bits per heavy atom. The minimum absolute atomic E-state index is 0. The molecule has 5 N–H and O–H groups in total. The van der Waals surface area contributed by atoms with Crippen LogP contribution < -0.4 is 6.15 Å². The van der Waals surface area contributed by atoms with Gasteiger partial charge in [-0.2, -0.15) is 0 Å². The third-order valence-electron chi connectivity index (χ3n) is 0.224. The second-order valence-electron chi connectivity index (χ2n) is 0.724. The predicted molar refractivity (Wildman–Crippen MR) is 30.5 cm³/mol. The van der Waals surface area contributed by atoms with Crippen LogP contribution in [-0.2, 0) is 0 Å². The fraction of sp³-hybridized carbons (Fsp3) is 1.00. The van der Waals surface area contributed by atoms with Crippen molar-refractivity contribution in [1.29, 1.82) is 0 Å². The highest BCUT2D eigenvalue weighted by Gasteiger charge is 1.57. The third-order valence-corrected chi connectivity index (χ3v) is 0.224. The smallest absolute Gasteiger partial charge is 0.0428 e. The van der Waals surface area contributed by atoms with Gasteiger partial charge in [-0.15, -0.1) is 0 Å². The van der Waals surface area contributed by atoms with Gasteiger partial charge in [0.25, 0.3) is 0 Å². The highest BCUT2D eigenvalue weighted by Crippen LogP contribution is 1.61. The van der Waals surface area contributed by atoms with Crippen LogP contribution in [-0.4, -0.2) is 23.9 Å². The Morgan fingerprint density at radius 2 is 1.43 bits per heavy atom. The quantitative estimate of drug-likeness (QED) is 0.449. The first-order valence-electron chi connectivity index (χ1n) is 1.97. The molecule has 0 heterocycles. The maximum atomic E-state index is 7.88. The van der Waals surface area contributed by atoms with Gasteiger partial charge in [0.05, 0.1) is 0 Å². The summed E-state index contributed by atoms with van der Waals surface area (Å²) in [6, 6.07) is 0. The summed E-state index contributed by atoms with van der Waals surface area (Å²) in [7, 11) is 1.00. The van der Waals surface area contributed by atoms with Crippen LogP contribution in [0.3, 0.4) is 0 Å². The van der Waals surface area contributed by atoms with Crippen molar-refractivity contribution in [3.63, 3.8) is 0 Å². The molecule has 0 aliphatic heterocycles. The fourth-order valence-corrected chi connectivity index (χ4v) is 0. The predicted octanol–water partition coefficient (Wildman–Crippen LogP) is 0.159. The van der Waals surface area contributed by atoms with Gasteiger partial charge in [-0.05, 0) is 6.42 Å². The number of aliphatic hydroxyl groups is 2. The minimum Gasteiger partial charge on any atom is -0.400 e. The van der Waals surface area contributed by atoms with Crippen molar-refractivity contribution >= 4 is 0 Å². The van der Waals surface area contributed by atoms with E-state index in [0.29, 0.717) is 6.61 Å². The molecule has 7 heavy (non-hydrogen) atoms. The molecule has 0 saturated heterocycles. The van der Waals surface area contributed by atoms with Crippen LogP contribution in [0.2, 0.25) is 0 Å². The average Bonchev–Trinajstić information content (AvgIpc) is 1.72. The van der Waals surface area contributed by atoms with Crippen molar-refractivity contribution in [3.05, 3.63) is 0 Å². The first-order valence-corrected chi connectivity index (χ1v) is 1.97. The van der Waals surface area contributed by atoms with Crippen LogP contribution >= 0.6 is 0 Å². The van der Waals surface area contributed by atoms with E-state index in [1.54, 1.807) is 0 Å². The summed E-state index contributed by atoms with van der Waals surface area (Å²) in [5.41, 5.74) is 0. The molecule has 0 aromatic carbocycles. The van der Waals surface area contributed by atoms with E-state index < -0.39 is 0 Å². The fourth-order valence-electron chi connectivity index (χ4n) is 0. The molecule has 0 radical (unpaired) electrons. The maximum absolute atomic E-state index is 7.88. The zero-order valence-corrected chi connectivity index (χ0v) is 5.02. The standard InChI is InChI=1S/C3H8O.CH4O.H3N/c1-2-3-4;1-2;/h4H,2-3H2,1H3;2H,1H3;1H3. The summed E-state index contributed by atoms with van der Waals surface area (Å²) in [6.07, 6.45) is 0.875. The van der Waals surface area contributed by atoms with E-state index in [1.807, 2.05) is 6.92 Å². The van der Waals surface area contributed by atoms with Gasteiger partial charge in [-0.25, -0.2) is 0 Å². The van der Waals surface area contributed by atoms with Gasteiger partial charge in [-0.3, -0.25) is 0 Å². The molecule has 0 amide bonds. The SMILES string of the molecule is CCCO.CO.N. The Hall–Kier alpha value is -0.120. The molecule has 3 heteroatoms. The molecule has 48 valence electrons. The monoisotopic (exact) mass is 109 g/mol. The minimum atomic E-state index is 0. The van der Waals surface area contributed by atoms with Crippen LogP contribution in [0.25, 0.3) is 0 Å². The Bertz CT molecular complexity index is 11.7. The molecule has 0 atom stereocenters. The first kappa shape index (κ1) is 15.8. The molecule has 3 nitrogen and oxygen atoms in total. The third kappa shape index (κ3) is 114. The molecule has 0 aromatic heterocycles. The Labute approximate surface area is 44.6 Å². The lowest BCUT2D eigenvalue weighted by Gasteiger charge is -1.69. The lowest BCUT2D eigenvalue weighted by atomic mass is 10.5. The van der Waals surface area contributed by atoms with Gasteiger partial charge in [0, 0.05) is 13.7 Å². The van der Waals surface area contributed by atoms with Gasteiger partial charge in [0.15, 0.2) is 0 Å². The highest BCUT2D eigenvalue weighted by molar-refractivity contribution is 4.10. The number of hydrogen-bond acceptors (Lipinski definition) is 3. The van der Waals surface area contributed by atoms with E-state index in [1.165, 1.54) is 0 Å². The van der Waals surface area contributed by atoms with Crippen molar-refractivity contribution in [1.82, 2.24) is 6.15 Å². The zero-order valence-electron chi connectivity index (χ0n) is 5.02. The summed E-state index contributed by atoms with van der Waals surface area (Å²) in [6.45, 7) is 2.25. The molecule has 0 bridgehead atoms. The molecule has 0 aliphatic carbocycles. The van der Waals surface area contributed by atoms with E-state index in [9.17, 15) is 0 Å². The number of rotatable bonds is 1. The maximum Gasteiger partial charge on any atom is 0.0428 e. The summed E-state index contributed by atoms with van der Waals surface area (Å²) >= 11 is 0. The molecule has 0 fully saturated rings. The average molecular weight is 109 g/mol. The summed E-state index contributed by atoms with van der Waals surface area (Å²) in [5, 5.41) is 14.9. The van der Waals surface area contributed by atoms with Crippen LogP contribution in [0.4, 0.5) is 0 Å². The Morgan fingerprint density at radius 3 is 1.43 bits per heavy atom. The zero-order chi connectivity index (χ0) is 5.41. The molecule has 0 aliphatic rings. The van der Waals surface area contributed by atoms with Crippen LogP contribution in [0.5, 0.6) is 0 Å². The van der Waals surface area contributed by atoms with E-state index in [0.717, 1.165) is 13.5 Å². The normalized spacial score (nSPS) is 5.14. The van der Waals surface area contributed by atoms with Crippen LogP contribution in [0.15, 0.2) is 0 Å². The van der Waals surface area contributed by atoms with Crippen LogP contribution in [0.1, 0.15) is 13.3 Å². The molecule has 0 rings (SSSR count). The largest absolute Gasteiger partial charge is 0.400 e. The summed E-state index contributed by atoms with van der Waals surface area (Å²) in [5.74, 6) is 0. The second-order valence-corrected chi connectivity index (χ2v) is 0.724. The van der Waals surface area contributed by atoms with Crippen molar-refractivity contribution in [2.45, 2.75) is 13.3 Å². The Kier molecular flexibility index (Phi) is 89.4. The lowest BCUT2D eigenvalue weighted by molar-refractivity contribution is 0.295. The van der Waals surface area contributed by atoms with Crippen molar-refractivity contribution < 1.29 is 10.2 Å². The first-order chi connectivity index (χ1) is 2.91. The van der Waals surface area contributed by atoms with Crippen molar-refractivity contribution in [2.75, 3.05) is 13.7 Å². The molecule has 0 saturated carbocycles. The summed E-state index contributed by atoms with van der Waals surface area (Å²) in [4.78, 5) is 0. The van der Waals surface area contributed by atoms with E-state index in [2.05, 4.69) is 0 Å².